The fourth-order valence-corrected chi connectivity index (χ4v) is 2.30. The Hall–Kier alpha value is -2.14. The monoisotopic (exact) mass is 287 g/mol. The number of carboxylic acid groups (broad SMARTS) is 1. The van der Waals surface area contributed by atoms with Crippen molar-refractivity contribution >= 4 is 5.97 Å². The molecule has 0 unspecified atom stereocenters. The van der Waals surface area contributed by atoms with Gasteiger partial charge < -0.3 is 5.11 Å². The molecule has 0 saturated carbocycles. The molecule has 112 valence electrons. The second-order valence-electron chi connectivity index (χ2n) is 5.33. The van der Waals surface area contributed by atoms with Crippen molar-refractivity contribution in [1.82, 2.24) is 14.7 Å². The van der Waals surface area contributed by atoms with Gasteiger partial charge in [-0.05, 0) is 40.0 Å². The Labute approximate surface area is 124 Å². The van der Waals surface area contributed by atoms with E-state index in [1.54, 1.807) is 6.92 Å². The van der Waals surface area contributed by atoms with Crippen LogP contribution in [0.3, 0.4) is 0 Å². The van der Waals surface area contributed by atoms with Gasteiger partial charge in [0, 0.05) is 17.8 Å². The SMILES string of the molecule is Cc1nn(-c2ccccc2)c(C)c1CN(C)[C@H](C)C(=O)O. The van der Waals surface area contributed by atoms with Crippen LogP contribution in [0.5, 0.6) is 0 Å². The number of rotatable bonds is 5. The second-order valence-corrected chi connectivity index (χ2v) is 5.33. The van der Waals surface area contributed by atoms with Crippen molar-refractivity contribution in [3.05, 3.63) is 47.3 Å². The lowest BCUT2D eigenvalue weighted by Crippen LogP contribution is -2.35. The number of hydrogen-bond acceptors (Lipinski definition) is 3. The van der Waals surface area contributed by atoms with E-state index in [9.17, 15) is 4.79 Å². The minimum Gasteiger partial charge on any atom is -0.480 e. The number of hydrogen-bond donors (Lipinski definition) is 1. The predicted molar refractivity (Wildman–Crippen MR) is 81.6 cm³/mol. The van der Waals surface area contributed by atoms with Crippen molar-refractivity contribution in [3.63, 3.8) is 0 Å². The maximum Gasteiger partial charge on any atom is 0.320 e. The summed E-state index contributed by atoms with van der Waals surface area (Å²) in [5.74, 6) is -0.816. The molecule has 0 aliphatic heterocycles. The summed E-state index contributed by atoms with van der Waals surface area (Å²) in [6, 6.07) is 9.41. The molecule has 0 spiro atoms. The second kappa shape index (κ2) is 6.10. The number of aliphatic carboxylic acids is 1. The third-order valence-corrected chi connectivity index (χ3v) is 3.87. The van der Waals surface area contributed by atoms with Gasteiger partial charge >= 0.3 is 5.97 Å². The van der Waals surface area contributed by atoms with Crippen molar-refractivity contribution in [3.8, 4) is 5.69 Å². The molecule has 1 atom stereocenters. The van der Waals surface area contributed by atoms with Gasteiger partial charge in [-0.3, -0.25) is 9.69 Å². The molecule has 5 heteroatoms. The highest BCUT2D eigenvalue weighted by Gasteiger charge is 2.20. The van der Waals surface area contributed by atoms with Gasteiger partial charge in [-0.1, -0.05) is 18.2 Å². The number of likely N-dealkylation sites (N-methyl/N-ethyl adjacent to an activating group) is 1. The highest BCUT2D eigenvalue weighted by molar-refractivity contribution is 5.72. The first kappa shape index (κ1) is 15.3. The van der Waals surface area contributed by atoms with E-state index in [0.29, 0.717) is 6.54 Å². The average Bonchev–Trinajstić information content (AvgIpc) is 2.75. The lowest BCUT2D eigenvalue weighted by Gasteiger charge is -2.21. The number of carbonyl (C=O) groups is 1. The molecule has 1 N–H and O–H groups in total. The number of para-hydroxylation sites is 1. The first-order valence-electron chi connectivity index (χ1n) is 6.95. The molecule has 5 nitrogen and oxygen atoms in total. The van der Waals surface area contributed by atoms with E-state index >= 15 is 0 Å². The van der Waals surface area contributed by atoms with Crippen LogP contribution in [0, 0.1) is 13.8 Å². The lowest BCUT2D eigenvalue weighted by molar-refractivity contribution is -0.142. The summed E-state index contributed by atoms with van der Waals surface area (Å²) in [5.41, 5.74) is 4.07. The van der Waals surface area contributed by atoms with Crippen LogP contribution in [0.15, 0.2) is 30.3 Å². The molecule has 0 radical (unpaired) electrons. The van der Waals surface area contributed by atoms with Gasteiger partial charge in [-0.15, -0.1) is 0 Å². The molecule has 21 heavy (non-hydrogen) atoms. The molecular weight excluding hydrogens is 266 g/mol. The first-order chi connectivity index (χ1) is 9.91. The fraction of sp³-hybridized carbons (Fsp3) is 0.375. The molecule has 1 aromatic heterocycles. The molecular formula is C16H21N3O2. The van der Waals surface area contributed by atoms with Crippen molar-refractivity contribution in [1.29, 1.82) is 0 Å². The Morgan fingerprint density at radius 2 is 1.95 bits per heavy atom. The Bertz CT molecular complexity index is 634. The smallest absolute Gasteiger partial charge is 0.320 e. The molecule has 1 aromatic carbocycles. The Balaban J connectivity index is 2.30. The third kappa shape index (κ3) is 3.13. The maximum absolute atomic E-state index is 11.1. The highest BCUT2D eigenvalue weighted by Crippen LogP contribution is 2.19. The van der Waals surface area contributed by atoms with Gasteiger partial charge in [-0.2, -0.15) is 5.10 Å². The summed E-state index contributed by atoms with van der Waals surface area (Å²) in [7, 11) is 1.82. The van der Waals surface area contributed by atoms with Crippen LogP contribution in [0.25, 0.3) is 5.69 Å². The summed E-state index contributed by atoms with van der Waals surface area (Å²) < 4.78 is 1.91. The van der Waals surface area contributed by atoms with Gasteiger partial charge in [0.05, 0.1) is 11.4 Å². The number of aryl methyl sites for hydroxylation is 1. The molecule has 0 aliphatic carbocycles. The zero-order valence-electron chi connectivity index (χ0n) is 12.9. The molecule has 2 rings (SSSR count). The van der Waals surface area contributed by atoms with Crippen LogP contribution in [-0.4, -0.2) is 38.8 Å². The molecule has 0 aliphatic rings. The fourth-order valence-electron chi connectivity index (χ4n) is 2.30. The van der Waals surface area contributed by atoms with Crippen molar-refractivity contribution in [2.75, 3.05) is 7.05 Å². The first-order valence-corrected chi connectivity index (χ1v) is 6.95. The van der Waals surface area contributed by atoms with Crippen LogP contribution < -0.4 is 0 Å². The normalized spacial score (nSPS) is 12.6. The van der Waals surface area contributed by atoms with Crippen LogP contribution >= 0.6 is 0 Å². The number of benzene rings is 1. The maximum atomic E-state index is 11.1. The Morgan fingerprint density at radius 3 is 2.52 bits per heavy atom. The lowest BCUT2D eigenvalue weighted by atomic mass is 10.1. The van der Waals surface area contributed by atoms with E-state index in [1.165, 1.54) is 0 Å². The van der Waals surface area contributed by atoms with E-state index < -0.39 is 12.0 Å². The summed E-state index contributed by atoms with van der Waals surface area (Å²) in [5, 5.41) is 13.7. The Morgan fingerprint density at radius 1 is 1.33 bits per heavy atom. The van der Waals surface area contributed by atoms with Gasteiger partial charge in [0.25, 0.3) is 0 Å². The van der Waals surface area contributed by atoms with Crippen molar-refractivity contribution < 1.29 is 9.90 Å². The standard InChI is InChI=1S/C16H21N3O2/c1-11-15(10-18(4)13(3)16(20)21)12(2)19(17-11)14-8-6-5-7-9-14/h5-9,13H,10H2,1-4H3,(H,20,21)/t13-/m1/s1. The summed E-state index contributed by atoms with van der Waals surface area (Å²) in [6.45, 7) is 6.23. The topological polar surface area (TPSA) is 58.4 Å². The minimum absolute atomic E-state index is 0.524. The van der Waals surface area contributed by atoms with Crippen LogP contribution in [0.1, 0.15) is 23.9 Å². The van der Waals surface area contributed by atoms with E-state index in [1.807, 2.05) is 60.8 Å². The molecule has 0 fully saturated rings. The van der Waals surface area contributed by atoms with Crippen molar-refractivity contribution in [2.45, 2.75) is 33.4 Å². The molecule has 1 heterocycles. The van der Waals surface area contributed by atoms with Gasteiger partial charge in [0.15, 0.2) is 0 Å². The van der Waals surface area contributed by atoms with Crippen LogP contribution in [0.4, 0.5) is 0 Å². The zero-order chi connectivity index (χ0) is 15.6. The van der Waals surface area contributed by atoms with Crippen LogP contribution in [-0.2, 0) is 11.3 Å². The Kier molecular flexibility index (Phi) is 4.43. The number of aromatic nitrogens is 2. The minimum atomic E-state index is -0.816. The van der Waals surface area contributed by atoms with Crippen molar-refractivity contribution in [2.24, 2.45) is 0 Å². The van der Waals surface area contributed by atoms with Gasteiger partial charge in [0.2, 0.25) is 0 Å². The predicted octanol–water partition coefficient (Wildman–Crippen LogP) is 2.39. The largest absolute Gasteiger partial charge is 0.480 e. The summed E-state index contributed by atoms with van der Waals surface area (Å²) in [6.07, 6.45) is 0. The zero-order valence-corrected chi connectivity index (χ0v) is 12.9. The third-order valence-electron chi connectivity index (χ3n) is 3.87. The molecule has 0 saturated heterocycles. The van der Waals surface area contributed by atoms with E-state index in [0.717, 1.165) is 22.6 Å². The van der Waals surface area contributed by atoms with E-state index in [4.69, 9.17) is 5.11 Å². The van der Waals surface area contributed by atoms with Gasteiger partial charge in [0.1, 0.15) is 6.04 Å². The summed E-state index contributed by atoms with van der Waals surface area (Å²) >= 11 is 0. The quantitative estimate of drug-likeness (QED) is 0.917. The number of carboxylic acids is 1. The molecule has 2 aromatic rings. The molecule has 0 bridgehead atoms. The van der Waals surface area contributed by atoms with Gasteiger partial charge in [-0.25, -0.2) is 4.68 Å². The highest BCUT2D eigenvalue weighted by atomic mass is 16.4. The van der Waals surface area contributed by atoms with E-state index in [-0.39, 0.29) is 0 Å². The van der Waals surface area contributed by atoms with E-state index in [2.05, 4.69) is 5.10 Å². The average molecular weight is 287 g/mol. The molecule has 0 amide bonds. The van der Waals surface area contributed by atoms with Crippen LogP contribution in [0.2, 0.25) is 0 Å². The number of nitrogens with zero attached hydrogens (tertiary/aromatic N) is 3. The summed E-state index contributed by atoms with van der Waals surface area (Å²) in [4.78, 5) is 12.9.